The van der Waals surface area contributed by atoms with Crippen LogP contribution in [0.25, 0.3) is 0 Å². The van der Waals surface area contributed by atoms with Gasteiger partial charge in [-0.25, -0.2) is 0 Å². The molecule has 2 rings (SSSR count). The van der Waals surface area contributed by atoms with E-state index in [0.29, 0.717) is 35.5 Å². The Kier molecular flexibility index (Phi) is 9.40. The van der Waals surface area contributed by atoms with E-state index in [-0.39, 0.29) is 6.10 Å². The predicted octanol–water partition coefficient (Wildman–Crippen LogP) is 10.2. The standard InChI is InChI=1S/C32H50O/c1-18(2)24-14-26(20(5)6)30(27(15-24)21(7)8)32(33-13)31-28(22(9)10)16-25(19(3)4)17-29(31)23(11)12/h14-23,32H,1-13H3. The first-order chi connectivity index (χ1) is 15.3. The van der Waals surface area contributed by atoms with Crippen molar-refractivity contribution in [3.8, 4) is 0 Å². The third-order valence-corrected chi connectivity index (χ3v) is 7.11. The number of benzene rings is 2. The highest BCUT2D eigenvalue weighted by Gasteiger charge is 2.30. The topological polar surface area (TPSA) is 9.23 Å². The van der Waals surface area contributed by atoms with E-state index < -0.39 is 0 Å². The highest BCUT2D eigenvalue weighted by atomic mass is 16.5. The van der Waals surface area contributed by atoms with Gasteiger partial charge in [-0.1, -0.05) is 107 Å². The zero-order chi connectivity index (χ0) is 25.2. The van der Waals surface area contributed by atoms with Crippen LogP contribution in [0.3, 0.4) is 0 Å². The van der Waals surface area contributed by atoms with Crippen LogP contribution in [0.15, 0.2) is 24.3 Å². The molecular weight excluding hydrogens is 400 g/mol. The molecule has 0 aromatic heterocycles. The molecule has 0 N–H and O–H groups in total. The van der Waals surface area contributed by atoms with Crippen molar-refractivity contribution in [3.63, 3.8) is 0 Å². The summed E-state index contributed by atoms with van der Waals surface area (Å²) in [5, 5.41) is 0. The predicted molar refractivity (Wildman–Crippen MR) is 146 cm³/mol. The molecule has 0 fully saturated rings. The average Bonchev–Trinajstić information content (AvgIpc) is 2.72. The third kappa shape index (κ3) is 5.91. The van der Waals surface area contributed by atoms with Gasteiger partial charge in [-0.15, -0.1) is 0 Å². The molecule has 0 aliphatic rings. The minimum atomic E-state index is -0.0583. The maximum atomic E-state index is 6.49. The highest BCUT2D eigenvalue weighted by molar-refractivity contribution is 5.53. The Balaban J connectivity index is 3.01. The van der Waals surface area contributed by atoms with E-state index >= 15 is 0 Å². The van der Waals surface area contributed by atoms with Crippen molar-refractivity contribution >= 4 is 0 Å². The van der Waals surface area contributed by atoms with Crippen molar-refractivity contribution in [3.05, 3.63) is 68.8 Å². The summed E-state index contributed by atoms with van der Waals surface area (Å²) in [5.41, 5.74) is 11.4. The van der Waals surface area contributed by atoms with Gasteiger partial charge in [0.15, 0.2) is 0 Å². The Bertz CT molecular complexity index is 794. The van der Waals surface area contributed by atoms with E-state index in [1.807, 2.05) is 7.11 Å². The summed E-state index contributed by atoms with van der Waals surface area (Å²) in [6.45, 7) is 27.8. The summed E-state index contributed by atoms with van der Waals surface area (Å²) in [7, 11) is 1.90. The maximum Gasteiger partial charge on any atom is 0.108 e. The van der Waals surface area contributed by atoms with Crippen LogP contribution < -0.4 is 0 Å². The molecule has 2 aromatic rings. The van der Waals surface area contributed by atoms with E-state index in [1.54, 1.807) is 0 Å². The molecule has 2 aromatic carbocycles. The van der Waals surface area contributed by atoms with E-state index in [0.717, 1.165) is 0 Å². The van der Waals surface area contributed by atoms with Crippen molar-refractivity contribution in [1.82, 2.24) is 0 Å². The van der Waals surface area contributed by atoms with Crippen LogP contribution in [0, 0.1) is 0 Å². The number of methoxy groups -OCH3 is 1. The lowest BCUT2D eigenvalue weighted by molar-refractivity contribution is 0.132. The summed E-state index contributed by atoms with van der Waals surface area (Å²) >= 11 is 0. The third-order valence-electron chi connectivity index (χ3n) is 7.11. The summed E-state index contributed by atoms with van der Waals surface area (Å²) < 4.78 is 6.49. The van der Waals surface area contributed by atoms with Gasteiger partial charge in [-0.05, 0) is 80.0 Å². The van der Waals surface area contributed by atoms with Crippen molar-refractivity contribution < 1.29 is 4.74 Å². The molecule has 0 amide bonds. The second-order valence-electron chi connectivity index (χ2n) is 11.8. The molecule has 0 unspecified atom stereocenters. The highest BCUT2D eigenvalue weighted by Crippen LogP contribution is 2.44. The van der Waals surface area contributed by atoms with Crippen LogP contribution in [0.2, 0.25) is 0 Å². The fourth-order valence-corrected chi connectivity index (χ4v) is 5.01. The SMILES string of the molecule is COC(c1c(C(C)C)cc(C(C)C)cc1C(C)C)c1c(C(C)C)cc(C(C)C)cc1C(C)C. The van der Waals surface area contributed by atoms with Crippen molar-refractivity contribution in [2.75, 3.05) is 7.11 Å². The normalized spacial score (nSPS) is 12.6. The Morgan fingerprint density at radius 2 is 0.667 bits per heavy atom. The number of hydrogen-bond acceptors (Lipinski definition) is 1. The van der Waals surface area contributed by atoms with Crippen LogP contribution in [-0.4, -0.2) is 7.11 Å². The molecule has 0 atom stereocenters. The van der Waals surface area contributed by atoms with Gasteiger partial charge >= 0.3 is 0 Å². The largest absolute Gasteiger partial charge is 0.372 e. The fraction of sp³-hybridized carbons (Fsp3) is 0.625. The monoisotopic (exact) mass is 450 g/mol. The Hall–Kier alpha value is -1.60. The van der Waals surface area contributed by atoms with Gasteiger partial charge in [0.1, 0.15) is 6.10 Å². The van der Waals surface area contributed by atoms with Crippen molar-refractivity contribution in [2.45, 2.75) is 125 Å². The zero-order valence-corrected chi connectivity index (χ0v) is 23.8. The van der Waals surface area contributed by atoms with Crippen molar-refractivity contribution in [1.29, 1.82) is 0 Å². The molecule has 0 aliphatic carbocycles. The van der Waals surface area contributed by atoms with Crippen LogP contribution in [-0.2, 0) is 4.74 Å². The maximum absolute atomic E-state index is 6.49. The molecule has 0 bridgehead atoms. The molecule has 0 aliphatic heterocycles. The molecule has 33 heavy (non-hydrogen) atoms. The summed E-state index contributed by atoms with van der Waals surface area (Å²) in [6.07, 6.45) is -0.0583. The van der Waals surface area contributed by atoms with Crippen LogP contribution >= 0.6 is 0 Å². The number of ether oxygens (including phenoxy) is 1. The second kappa shape index (κ2) is 11.2. The van der Waals surface area contributed by atoms with Gasteiger partial charge in [0.25, 0.3) is 0 Å². The molecule has 1 nitrogen and oxygen atoms in total. The first kappa shape index (κ1) is 27.6. The second-order valence-corrected chi connectivity index (χ2v) is 11.8. The lowest BCUT2D eigenvalue weighted by Gasteiger charge is -2.32. The molecular formula is C32H50O. The Morgan fingerprint density at radius 3 is 0.818 bits per heavy atom. The van der Waals surface area contributed by atoms with Crippen molar-refractivity contribution in [2.24, 2.45) is 0 Å². The summed E-state index contributed by atoms with van der Waals surface area (Å²) in [5.74, 6) is 2.78. The molecule has 0 saturated carbocycles. The zero-order valence-electron chi connectivity index (χ0n) is 23.8. The number of rotatable bonds is 9. The van der Waals surface area contributed by atoms with Gasteiger partial charge in [-0.2, -0.15) is 0 Å². The van der Waals surface area contributed by atoms with Gasteiger partial charge in [0, 0.05) is 7.11 Å². The molecule has 0 saturated heterocycles. The minimum Gasteiger partial charge on any atom is -0.372 e. The minimum absolute atomic E-state index is 0.0583. The van der Waals surface area contributed by atoms with Gasteiger partial charge in [-0.3, -0.25) is 0 Å². The molecule has 184 valence electrons. The lowest BCUT2D eigenvalue weighted by atomic mass is 9.76. The Labute approximate surface area is 205 Å². The van der Waals surface area contributed by atoms with E-state index in [1.165, 1.54) is 44.5 Å². The fourth-order valence-electron chi connectivity index (χ4n) is 5.01. The van der Waals surface area contributed by atoms with E-state index in [9.17, 15) is 0 Å². The molecule has 0 radical (unpaired) electrons. The molecule has 0 heterocycles. The molecule has 0 spiro atoms. The number of hydrogen-bond donors (Lipinski definition) is 0. The van der Waals surface area contributed by atoms with E-state index in [4.69, 9.17) is 4.74 Å². The smallest absolute Gasteiger partial charge is 0.108 e. The van der Waals surface area contributed by atoms with Gasteiger partial charge in [0.05, 0.1) is 0 Å². The summed E-state index contributed by atoms with van der Waals surface area (Å²) in [4.78, 5) is 0. The first-order valence-electron chi connectivity index (χ1n) is 13.2. The first-order valence-corrected chi connectivity index (χ1v) is 13.2. The molecule has 1 heteroatoms. The van der Waals surface area contributed by atoms with Crippen LogP contribution in [0.1, 0.15) is 169 Å². The van der Waals surface area contributed by atoms with Crippen LogP contribution in [0.5, 0.6) is 0 Å². The summed E-state index contributed by atoms with van der Waals surface area (Å²) in [6, 6.07) is 9.81. The van der Waals surface area contributed by atoms with Gasteiger partial charge < -0.3 is 4.74 Å². The Morgan fingerprint density at radius 1 is 0.424 bits per heavy atom. The van der Waals surface area contributed by atoms with Crippen LogP contribution in [0.4, 0.5) is 0 Å². The average molecular weight is 451 g/mol. The quantitative estimate of drug-likeness (QED) is 0.369. The van der Waals surface area contributed by atoms with Gasteiger partial charge in [0.2, 0.25) is 0 Å². The lowest BCUT2D eigenvalue weighted by Crippen LogP contribution is -2.18. The van der Waals surface area contributed by atoms with E-state index in [2.05, 4.69) is 107 Å².